The Kier molecular flexibility index (Phi) is 4.46. The molecule has 0 aliphatic carbocycles. The second-order valence-electron chi connectivity index (χ2n) is 6.44. The topological polar surface area (TPSA) is 62.9 Å². The van der Waals surface area contributed by atoms with E-state index in [0.717, 1.165) is 30.9 Å². The van der Waals surface area contributed by atoms with Gasteiger partial charge in [-0.3, -0.25) is 4.79 Å². The van der Waals surface area contributed by atoms with E-state index in [1.54, 1.807) is 4.90 Å². The lowest BCUT2D eigenvalue weighted by atomic mass is 10.0. The molecular formula is C17H23N5O. The molecule has 0 aromatic carbocycles. The fourth-order valence-electron chi connectivity index (χ4n) is 3.05. The van der Waals surface area contributed by atoms with Crippen molar-refractivity contribution in [1.29, 1.82) is 0 Å². The third-order valence-corrected chi connectivity index (χ3v) is 4.58. The van der Waals surface area contributed by atoms with Crippen molar-refractivity contribution in [3.05, 3.63) is 17.7 Å². The van der Waals surface area contributed by atoms with Gasteiger partial charge < -0.3 is 9.47 Å². The maximum absolute atomic E-state index is 12.3. The maximum Gasteiger partial charge on any atom is 0.222 e. The minimum absolute atomic E-state index is 0.105. The van der Waals surface area contributed by atoms with Crippen LogP contribution in [-0.4, -0.2) is 33.1 Å². The number of terminal acetylenes is 1. The number of aromatic nitrogens is 2. The van der Waals surface area contributed by atoms with Crippen molar-refractivity contribution >= 4 is 5.91 Å². The zero-order valence-corrected chi connectivity index (χ0v) is 13.7. The molecule has 0 spiro atoms. The third kappa shape index (κ3) is 3.79. The summed E-state index contributed by atoms with van der Waals surface area (Å²) in [4.78, 5) is 18.7. The van der Waals surface area contributed by atoms with Crippen LogP contribution < -0.4 is 0 Å². The summed E-state index contributed by atoms with van der Waals surface area (Å²) in [6.45, 7) is 1.60. The first-order valence-corrected chi connectivity index (χ1v) is 8.28. The molecular weight excluding hydrogens is 290 g/mol. The lowest BCUT2D eigenvalue weighted by Gasteiger charge is -2.17. The Morgan fingerprint density at radius 3 is 2.96 bits per heavy atom. The van der Waals surface area contributed by atoms with Gasteiger partial charge >= 0.3 is 0 Å². The van der Waals surface area contributed by atoms with Crippen molar-refractivity contribution in [3.63, 3.8) is 0 Å². The van der Waals surface area contributed by atoms with Crippen molar-refractivity contribution < 1.29 is 4.79 Å². The number of carbonyl (C=O) groups is 1. The highest BCUT2D eigenvalue weighted by atomic mass is 16.2. The summed E-state index contributed by atoms with van der Waals surface area (Å²) in [6.07, 6.45) is 13.3. The standard InChI is InChI=1S/C17H23N5O/c1-3-4-9-17(19-20-17)10-8-16(23)21(2)12-14-13-22-11-6-5-7-15(22)18-14/h1,13H,4-12H2,2H3. The fraction of sp³-hybridized carbons (Fsp3) is 0.647. The quantitative estimate of drug-likeness (QED) is 0.726. The Balaban J connectivity index is 1.48. The Labute approximate surface area is 137 Å². The highest BCUT2D eigenvalue weighted by Gasteiger charge is 2.39. The lowest BCUT2D eigenvalue weighted by molar-refractivity contribution is -0.130. The molecule has 2 aliphatic rings. The maximum atomic E-state index is 12.3. The van der Waals surface area contributed by atoms with E-state index in [-0.39, 0.29) is 11.6 Å². The van der Waals surface area contributed by atoms with Crippen LogP contribution in [0, 0.1) is 12.3 Å². The summed E-state index contributed by atoms with van der Waals surface area (Å²) in [6, 6.07) is 0. The molecule has 6 nitrogen and oxygen atoms in total. The van der Waals surface area contributed by atoms with E-state index in [9.17, 15) is 4.79 Å². The predicted molar refractivity (Wildman–Crippen MR) is 86.5 cm³/mol. The molecule has 0 bridgehead atoms. The molecule has 0 unspecified atom stereocenters. The van der Waals surface area contributed by atoms with Crippen molar-refractivity contribution in [2.24, 2.45) is 10.2 Å². The molecule has 1 amide bonds. The Hall–Kier alpha value is -2.16. The van der Waals surface area contributed by atoms with E-state index in [1.165, 1.54) is 12.8 Å². The van der Waals surface area contributed by atoms with Crippen LogP contribution in [0.2, 0.25) is 0 Å². The van der Waals surface area contributed by atoms with Crippen LogP contribution in [0.25, 0.3) is 0 Å². The van der Waals surface area contributed by atoms with E-state index in [0.29, 0.717) is 25.8 Å². The molecule has 0 N–H and O–H groups in total. The van der Waals surface area contributed by atoms with Gasteiger partial charge in [-0.05, 0) is 12.8 Å². The highest BCUT2D eigenvalue weighted by molar-refractivity contribution is 5.75. The summed E-state index contributed by atoms with van der Waals surface area (Å²) >= 11 is 0. The van der Waals surface area contributed by atoms with Crippen LogP contribution in [-0.2, 0) is 24.3 Å². The number of hydrogen-bond donors (Lipinski definition) is 0. The third-order valence-electron chi connectivity index (χ3n) is 4.58. The van der Waals surface area contributed by atoms with E-state index in [2.05, 4.69) is 31.9 Å². The van der Waals surface area contributed by atoms with Gasteiger partial charge in [0, 0.05) is 51.9 Å². The summed E-state index contributed by atoms with van der Waals surface area (Å²) < 4.78 is 2.22. The first-order chi connectivity index (χ1) is 11.1. The molecule has 3 rings (SSSR count). The number of fused-ring (bicyclic) bond motifs is 1. The van der Waals surface area contributed by atoms with E-state index >= 15 is 0 Å². The second-order valence-corrected chi connectivity index (χ2v) is 6.44. The second kappa shape index (κ2) is 6.53. The zero-order valence-electron chi connectivity index (χ0n) is 13.7. The Morgan fingerprint density at radius 2 is 2.26 bits per heavy atom. The number of nitrogens with zero attached hydrogens (tertiary/aromatic N) is 5. The van der Waals surface area contributed by atoms with Gasteiger partial charge in [0.25, 0.3) is 0 Å². The zero-order chi connectivity index (χ0) is 16.3. The molecule has 0 fully saturated rings. The molecule has 1 aromatic rings. The molecule has 0 radical (unpaired) electrons. The fourth-order valence-corrected chi connectivity index (χ4v) is 3.05. The molecule has 122 valence electrons. The number of carbonyl (C=O) groups excluding carboxylic acids is 1. The van der Waals surface area contributed by atoms with Crippen molar-refractivity contribution in [1.82, 2.24) is 14.5 Å². The number of imidazole rings is 1. The van der Waals surface area contributed by atoms with Crippen LogP contribution in [0.5, 0.6) is 0 Å². The van der Waals surface area contributed by atoms with Gasteiger partial charge in [0.15, 0.2) is 5.66 Å². The van der Waals surface area contributed by atoms with Gasteiger partial charge in [-0.1, -0.05) is 0 Å². The Bertz CT molecular complexity index is 625. The summed E-state index contributed by atoms with van der Waals surface area (Å²) in [5.74, 6) is 3.86. The van der Waals surface area contributed by atoms with E-state index < -0.39 is 0 Å². The van der Waals surface area contributed by atoms with Crippen molar-refractivity contribution in [2.45, 2.75) is 63.7 Å². The van der Waals surface area contributed by atoms with Gasteiger partial charge in [0.1, 0.15) is 5.82 Å². The van der Waals surface area contributed by atoms with Crippen molar-refractivity contribution in [2.75, 3.05) is 7.05 Å². The Morgan fingerprint density at radius 1 is 1.43 bits per heavy atom. The van der Waals surface area contributed by atoms with Crippen LogP contribution in [0.1, 0.15) is 50.0 Å². The lowest BCUT2D eigenvalue weighted by Crippen LogP contribution is -2.27. The first-order valence-electron chi connectivity index (χ1n) is 8.28. The number of amides is 1. The van der Waals surface area contributed by atoms with E-state index in [1.807, 2.05) is 7.05 Å². The molecule has 6 heteroatoms. The van der Waals surface area contributed by atoms with E-state index in [4.69, 9.17) is 6.42 Å². The van der Waals surface area contributed by atoms with Crippen LogP contribution in [0.3, 0.4) is 0 Å². The average Bonchev–Trinajstić information content (AvgIpc) is 3.21. The minimum atomic E-state index is -0.379. The van der Waals surface area contributed by atoms with Gasteiger partial charge in [0.05, 0.1) is 12.2 Å². The SMILES string of the molecule is C#CCCC1(CCC(=O)N(C)Cc2cn3c(n2)CCCC3)N=N1. The van der Waals surface area contributed by atoms with Gasteiger partial charge in [0.2, 0.25) is 5.91 Å². The number of rotatable bonds is 7. The molecule has 23 heavy (non-hydrogen) atoms. The molecule has 2 aliphatic heterocycles. The molecule has 0 atom stereocenters. The summed E-state index contributed by atoms with van der Waals surface area (Å²) in [5.41, 5.74) is 0.594. The normalized spacial score (nSPS) is 17.4. The predicted octanol–water partition coefficient (Wildman–Crippen LogP) is 2.53. The van der Waals surface area contributed by atoms with Crippen molar-refractivity contribution in [3.8, 4) is 12.3 Å². The summed E-state index contributed by atoms with van der Waals surface area (Å²) in [5, 5.41) is 8.15. The van der Waals surface area contributed by atoms with Gasteiger partial charge in [-0.2, -0.15) is 10.2 Å². The largest absolute Gasteiger partial charge is 0.340 e. The molecule has 1 aromatic heterocycles. The number of aryl methyl sites for hydroxylation is 2. The van der Waals surface area contributed by atoms with Gasteiger partial charge in [-0.25, -0.2) is 4.98 Å². The minimum Gasteiger partial charge on any atom is -0.340 e. The monoisotopic (exact) mass is 313 g/mol. The van der Waals surface area contributed by atoms with Crippen LogP contribution in [0.15, 0.2) is 16.4 Å². The molecule has 3 heterocycles. The summed E-state index contributed by atoms with van der Waals surface area (Å²) in [7, 11) is 1.83. The van der Waals surface area contributed by atoms with Crippen LogP contribution in [0.4, 0.5) is 0 Å². The van der Waals surface area contributed by atoms with Crippen LogP contribution >= 0.6 is 0 Å². The van der Waals surface area contributed by atoms with Gasteiger partial charge in [-0.15, -0.1) is 12.3 Å². The average molecular weight is 313 g/mol. The molecule has 0 saturated carbocycles. The number of hydrogen-bond acceptors (Lipinski definition) is 4. The smallest absolute Gasteiger partial charge is 0.222 e. The highest BCUT2D eigenvalue weighted by Crippen LogP contribution is 2.37. The first kappa shape index (κ1) is 15.7. The molecule has 0 saturated heterocycles.